The standard InChI is InChI=1S/C14H27NO/c1-4-6-8-14(7-5-2)15-12(3)13-9-10-16-11-13/h4,12-15H,1,5-11H2,2-3H3. The van der Waals surface area contributed by atoms with E-state index in [9.17, 15) is 0 Å². The van der Waals surface area contributed by atoms with Gasteiger partial charge in [-0.3, -0.25) is 0 Å². The van der Waals surface area contributed by atoms with Crippen LogP contribution in [0.1, 0.15) is 46.0 Å². The lowest BCUT2D eigenvalue weighted by Gasteiger charge is -2.26. The Labute approximate surface area is 100 Å². The minimum Gasteiger partial charge on any atom is -0.381 e. The number of hydrogen-bond acceptors (Lipinski definition) is 2. The van der Waals surface area contributed by atoms with E-state index < -0.39 is 0 Å². The van der Waals surface area contributed by atoms with Gasteiger partial charge in [0, 0.05) is 18.7 Å². The van der Waals surface area contributed by atoms with E-state index in [1.54, 1.807) is 0 Å². The minimum absolute atomic E-state index is 0.587. The summed E-state index contributed by atoms with van der Waals surface area (Å²) in [6.45, 7) is 10.2. The van der Waals surface area contributed by atoms with Crippen LogP contribution < -0.4 is 5.32 Å². The molecule has 0 aromatic rings. The second-order valence-corrected chi connectivity index (χ2v) is 4.93. The van der Waals surface area contributed by atoms with Crippen molar-refractivity contribution >= 4 is 0 Å². The molecule has 16 heavy (non-hydrogen) atoms. The Balaban J connectivity index is 2.30. The lowest BCUT2D eigenvalue weighted by atomic mass is 9.97. The minimum atomic E-state index is 0.587. The molecule has 0 saturated carbocycles. The van der Waals surface area contributed by atoms with Gasteiger partial charge in [0.25, 0.3) is 0 Å². The number of rotatable bonds is 8. The maximum Gasteiger partial charge on any atom is 0.0509 e. The van der Waals surface area contributed by atoms with E-state index in [0.717, 1.165) is 19.6 Å². The number of ether oxygens (including phenoxy) is 1. The number of allylic oxidation sites excluding steroid dienone is 1. The van der Waals surface area contributed by atoms with E-state index in [2.05, 4.69) is 25.7 Å². The van der Waals surface area contributed by atoms with Gasteiger partial charge >= 0.3 is 0 Å². The van der Waals surface area contributed by atoms with Gasteiger partial charge in [0.2, 0.25) is 0 Å². The molecule has 1 aliphatic rings. The highest BCUT2D eigenvalue weighted by Crippen LogP contribution is 2.18. The molecule has 0 spiro atoms. The van der Waals surface area contributed by atoms with E-state index in [4.69, 9.17) is 4.74 Å². The Bertz CT molecular complexity index is 187. The van der Waals surface area contributed by atoms with Crippen LogP contribution >= 0.6 is 0 Å². The van der Waals surface area contributed by atoms with Crippen LogP contribution in [0.5, 0.6) is 0 Å². The lowest BCUT2D eigenvalue weighted by Crippen LogP contribution is -2.41. The molecule has 2 nitrogen and oxygen atoms in total. The summed E-state index contributed by atoms with van der Waals surface area (Å²) in [4.78, 5) is 0. The van der Waals surface area contributed by atoms with Crippen molar-refractivity contribution in [3.63, 3.8) is 0 Å². The van der Waals surface area contributed by atoms with Crippen LogP contribution in [0.15, 0.2) is 12.7 Å². The molecule has 0 aromatic heterocycles. The quantitative estimate of drug-likeness (QED) is 0.641. The van der Waals surface area contributed by atoms with Crippen molar-refractivity contribution in [2.24, 2.45) is 5.92 Å². The number of hydrogen-bond donors (Lipinski definition) is 1. The van der Waals surface area contributed by atoms with Crippen LogP contribution in [-0.2, 0) is 4.74 Å². The molecule has 1 fully saturated rings. The van der Waals surface area contributed by atoms with Crippen molar-refractivity contribution in [1.82, 2.24) is 5.32 Å². The van der Waals surface area contributed by atoms with Crippen LogP contribution in [-0.4, -0.2) is 25.3 Å². The molecule has 3 unspecified atom stereocenters. The first kappa shape index (κ1) is 13.7. The van der Waals surface area contributed by atoms with Crippen molar-refractivity contribution in [3.05, 3.63) is 12.7 Å². The average molecular weight is 225 g/mol. The van der Waals surface area contributed by atoms with E-state index >= 15 is 0 Å². The zero-order valence-electron chi connectivity index (χ0n) is 10.9. The first-order valence-electron chi connectivity index (χ1n) is 6.72. The molecule has 0 bridgehead atoms. The Morgan fingerprint density at radius 2 is 2.31 bits per heavy atom. The van der Waals surface area contributed by atoms with Crippen LogP contribution in [0.25, 0.3) is 0 Å². The van der Waals surface area contributed by atoms with Gasteiger partial charge in [-0.25, -0.2) is 0 Å². The predicted octanol–water partition coefficient (Wildman–Crippen LogP) is 3.14. The molecule has 94 valence electrons. The van der Waals surface area contributed by atoms with Crippen LogP contribution in [0.3, 0.4) is 0 Å². The van der Waals surface area contributed by atoms with Crippen LogP contribution in [0.2, 0.25) is 0 Å². The maximum atomic E-state index is 5.44. The molecule has 1 rings (SSSR count). The van der Waals surface area contributed by atoms with E-state index in [1.807, 2.05) is 6.08 Å². The molecule has 0 amide bonds. The normalized spacial score (nSPS) is 24.2. The summed E-state index contributed by atoms with van der Waals surface area (Å²) in [5.74, 6) is 0.711. The molecule has 2 heteroatoms. The summed E-state index contributed by atoms with van der Waals surface area (Å²) < 4.78 is 5.44. The SMILES string of the molecule is C=CCCC(CCC)NC(C)C1CCOC1. The third kappa shape index (κ3) is 4.67. The van der Waals surface area contributed by atoms with Gasteiger partial charge in [0.05, 0.1) is 6.61 Å². The zero-order valence-corrected chi connectivity index (χ0v) is 10.9. The van der Waals surface area contributed by atoms with Gasteiger partial charge in [-0.15, -0.1) is 6.58 Å². The zero-order chi connectivity index (χ0) is 11.8. The third-order valence-corrected chi connectivity index (χ3v) is 3.53. The average Bonchev–Trinajstić information content (AvgIpc) is 2.79. The summed E-state index contributed by atoms with van der Waals surface area (Å²) in [6, 6.07) is 1.24. The first-order valence-corrected chi connectivity index (χ1v) is 6.72. The van der Waals surface area contributed by atoms with Crippen molar-refractivity contribution in [2.75, 3.05) is 13.2 Å². The second-order valence-electron chi connectivity index (χ2n) is 4.93. The largest absolute Gasteiger partial charge is 0.381 e. The Morgan fingerprint density at radius 1 is 1.50 bits per heavy atom. The Kier molecular flexibility index (Phi) is 6.74. The lowest BCUT2D eigenvalue weighted by molar-refractivity contribution is 0.176. The topological polar surface area (TPSA) is 21.3 Å². The molecule has 1 aliphatic heterocycles. The molecule has 0 aliphatic carbocycles. The molecule has 0 aromatic carbocycles. The van der Waals surface area contributed by atoms with Crippen molar-refractivity contribution in [2.45, 2.75) is 58.0 Å². The fraction of sp³-hybridized carbons (Fsp3) is 0.857. The highest BCUT2D eigenvalue weighted by atomic mass is 16.5. The van der Waals surface area contributed by atoms with Crippen molar-refractivity contribution in [1.29, 1.82) is 0 Å². The molecule has 0 radical (unpaired) electrons. The van der Waals surface area contributed by atoms with Gasteiger partial charge in [-0.05, 0) is 38.5 Å². The molecular weight excluding hydrogens is 198 g/mol. The Morgan fingerprint density at radius 3 is 2.88 bits per heavy atom. The summed E-state index contributed by atoms with van der Waals surface area (Å²) in [7, 11) is 0. The van der Waals surface area contributed by atoms with Crippen molar-refractivity contribution < 1.29 is 4.74 Å². The van der Waals surface area contributed by atoms with Crippen LogP contribution in [0.4, 0.5) is 0 Å². The Hall–Kier alpha value is -0.340. The fourth-order valence-electron chi connectivity index (χ4n) is 2.43. The summed E-state index contributed by atoms with van der Waals surface area (Å²) in [6.07, 6.45) is 8.09. The molecular formula is C14H27NO. The third-order valence-electron chi connectivity index (χ3n) is 3.53. The maximum absolute atomic E-state index is 5.44. The fourth-order valence-corrected chi connectivity index (χ4v) is 2.43. The summed E-state index contributed by atoms with van der Waals surface area (Å²) in [5, 5.41) is 3.77. The highest BCUT2D eigenvalue weighted by Gasteiger charge is 2.23. The summed E-state index contributed by atoms with van der Waals surface area (Å²) >= 11 is 0. The highest BCUT2D eigenvalue weighted by molar-refractivity contribution is 4.81. The van der Waals surface area contributed by atoms with E-state index in [1.165, 1.54) is 25.7 Å². The van der Waals surface area contributed by atoms with Crippen LogP contribution in [0, 0.1) is 5.92 Å². The first-order chi connectivity index (χ1) is 7.77. The van der Waals surface area contributed by atoms with Gasteiger partial charge < -0.3 is 10.1 Å². The van der Waals surface area contributed by atoms with Gasteiger partial charge in [-0.1, -0.05) is 19.4 Å². The number of nitrogens with one attached hydrogen (secondary N) is 1. The van der Waals surface area contributed by atoms with Crippen molar-refractivity contribution in [3.8, 4) is 0 Å². The monoisotopic (exact) mass is 225 g/mol. The van der Waals surface area contributed by atoms with E-state index in [-0.39, 0.29) is 0 Å². The van der Waals surface area contributed by atoms with Gasteiger partial charge in [-0.2, -0.15) is 0 Å². The van der Waals surface area contributed by atoms with Gasteiger partial charge in [0.15, 0.2) is 0 Å². The second kappa shape index (κ2) is 7.86. The summed E-state index contributed by atoms with van der Waals surface area (Å²) in [5.41, 5.74) is 0. The smallest absolute Gasteiger partial charge is 0.0509 e. The molecule has 1 N–H and O–H groups in total. The molecule has 1 heterocycles. The predicted molar refractivity (Wildman–Crippen MR) is 69.7 cm³/mol. The van der Waals surface area contributed by atoms with E-state index in [0.29, 0.717) is 18.0 Å². The molecule has 1 saturated heterocycles. The van der Waals surface area contributed by atoms with Gasteiger partial charge in [0.1, 0.15) is 0 Å². The molecule has 3 atom stereocenters.